The molecule has 0 radical (unpaired) electrons. The van der Waals surface area contributed by atoms with Crippen LogP contribution in [0.25, 0.3) is 22.2 Å². The Labute approximate surface area is 142 Å². The molecule has 0 unspecified atom stereocenters. The van der Waals surface area contributed by atoms with Crippen molar-refractivity contribution in [2.45, 2.75) is 0 Å². The van der Waals surface area contributed by atoms with Crippen LogP contribution in [-0.2, 0) is 0 Å². The maximum Gasteiger partial charge on any atom is 0.184 e. The van der Waals surface area contributed by atoms with Crippen LogP contribution >= 0.6 is 38.5 Å². The van der Waals surface area contributed by atoms with Crippen molar-refractivity contribution in [3.8, 4) is 17.0 Å². The highest BCUT2D eigenvalue weighted by Crippen LogP contribution is 2.35. The number of alkyl halides is 1. The molecule has 0 aliphatic heterocycles. The highest BCUT2D eigenvalue weighted by molar-refractivity contribution is 14.1. The summed E-state index contributed by atoms with van der Waals surface area (Å²) in [5.41, 5.74) is 1.55. The summed E-state index contributed by atoms with van der Waals surface area (Å²) in [4.78, 5) is 0. The Balaban J connectivity index is 2.12. The molecule has 0 amide bonds. The molecule has 0 spiro atoms. The number of hydrogen-bond donors (Lipinski definition) is 0. The molecule has 0 N–H and O–H groups in total. The van der Waals surface area contributed by atoms with Crippen LogP contribution in [0, 0.1) is 9.39 Å². The first-order valence-electron chi connectivity index (χ1n) is 6.24. The van der Waals surface area contributed by atoms with Crippen LogP contribution in [0.2, 0.25) is 0 Å². The minimum atomic E-state index is -0.317. The van der Waals surface area contributed by atoms with E-state index in [0.717, 1.165) is 20.0 Å². The lowest BCUT2D eigenvalue weighted by Crippen LogP contribution is -1.99. The monoisotopic (exact) mass is 461 g/mol. The van der Waals surface area contributed by atoms with Crippen molar-refractivity contribution in [1.29, 1.82) is 0 Å². The fourth-order valence-electron chi connectivity index (χ4n) is 2.06. The summed E-state index contributed by atoms with van der Waals surface area (Å²) in [7, 11) is 0. The zero-order chi connectivity index (χ0) is 14.8. The van der Waals surface area contributed by atoms with E-state index < -0.39 is 0 Å². The third kappa shape index (κ3) is 2.78. The van der Waals surface area contributed by atoms with Crippen molar-refractivity contribution in [3.05, 3.63) is 45.8 Å². The number of benzene rings is 2. The van der Waals surface area contributed by atoms with Crippen molar-refractivity contribution in [2.24, 2.45) is 0 Å². The average molecular weight is 462 g/mol. The van der Waals surface area contributed by atoms with Crippen LogP contribution in [0.1, 0.15) is 0 Å². The van der Waals surface area contributed by atoms with E-state index in [1.54, 1.807) is 18.2 Å². The topological polar surface area (TPSA) is 35.3 Å². The van der Waals surface area contributed by atoms with E-state index in [4.69, 9.17) is 9.26 Å². The van der Waals surface area contributed by atoms with E-state index >= 15 is 0 Å². The fourth-order valence-corrected chi connectivity index (χ4v) is 2.95. The predicted molar refractivity (Wildman–Crippen MR) is 91.4 cm³/mol. The molecule has 108 valence electrons. The van der Waals surface area contributed by atoms with E-state index in [2.05, 4.69) is 43.7 Å². The lowest BCUT2D eigenvalue weighted by molar-refractivity contribution is 0.342. The highest BCUT2D eigenvalue weighted by Gasteiger charge is 2.17. The molecule has 0 aliphatic rings. The molecular formula is C15H10BrFINO2. The van der Waals surface area contributed by atoms with Crippen molar-refractivity contribution < 1.29 is 13.7 Å². The SMILES string of the molecule is Fc1ccccc1-c1noc2c(I)c(OCCBr)ccc12. The van der Waals surface area contributed by atoms with Gasteiger partial charge in [0.05, 0.1) is 12.0 Å². The van der Waals surface area contributed by atoms with Crippen molar-refractivity contribution in [1.82, 2.24) is 5.16 Å². The van der Waals surface area contributed by atoms with E-state index in [9.17, 15) is 4.39 Å². The normalized spacial score (nSPS) is 11.0. The van der Waals surface area contributed by atoms with Gasteiger partial charge in [-0.05, 0) is 46.9 Å². The zero-order valence-corrected chi connectivity index (χ0v) is 14.5. The molecule has 1 heterocycles. The molecular weight excluding hydrogens is 452 g/mol. The average Bonchev–Trinajstić information content (AvgIpc) is 2.92. The van der Waals surface area contributed by atoms with E-state index in [1.807, 2.05) is 12.1 Å². The van der Waals surface area contributed by atoms with Gasteiger partial charge in [0.15, 0.2) is 5.58 Å². The molecule has 0 saturated carbocycles. The number of halogens is 3. The standard InChI is InChI=1S/C15H10BrFINO2/c16-7-8-20-12-6-5-10-14(19-21-15(10)13(12)18)9-3-1-2-4-11(9)17/h1-6H,7-8H2. The van der Waals surface area contributed by atoms with Gasteiger partial charge in [-0.3, -0.25) is 0 Å². The first kappa shape index (κ1) is 14.8. The molecule has 0 saturated heterocycles. The van der Waals surface area contributed by atoms with Crippen molar-refractivity contribution >= 4 is 49.5 Å². The summed E-state index contributed by atoms with van der Waals surface area (Å²) >= 11 is 5.47. The number of nitrogens with zero attached hydrogens (tertiary/aromatic N) is 1. The molecule has 0 fully saturated rings. The predicted octanol–water partition coefficient (Wildman–Crippen LogP) is 5.01. The van der Waals surface area contributed by atoms with Gasteiger partial charge in [0, 0.05) is 10.9 Å². The minimum Gasteiger partial charge on any atom is -0.491 e. The highest BCUT2D eigenvalue weighted by atomic mass is 127. The van der Waals surface area contributed by atoms with Gasteiger partial charge in [-0.2, -0.15) is 0 Å². The Kier molecular flexibility index (Phi) is 4.44. The van der Waals surface area contributed by atoms with Gasteiger partial charge in [-0.1, -0.05) is 33.2 Å². The summed E-state index contributed by atoms with van der Waals surface area (Å²) in [6.45, 7) is 0.565. The Morgan fingerprint density at radius 2 is 2.05 bits per heavy atom. The number of aromatic nitrogens is 1. The molecule has 0 bridgehead atoms. The molecule has 6 heteroatoms. The Hall–Kier alpha value is -1.15. The third-order valence-corrected chi connectivity index (χ3v) is 4.35. The summed E-state index contributed by atoms with van der Waals surface area (Å²) in [5, 5.41) is 5.55. The van der Waals surface area contributed by atoms with Gasteiger partial charge >= 0.3 is 0 Å². The summed E-state index contributed by atoms with van der Waals surface area (Å²) < 4.78 is 25.8. The third-order valence-electron chi connectivity index (χ3n) is 3.01. The molecule has 0 aliphatic carbocycles. The molecule has 21 heavy (non-hydrogen) atoms. The van der Waals surface area contributed by atoms with Gasteiger partial charge in [-0.15, -0.1) is 0 Å². The molecule has 1 aromatic heterocycles. The second-order valence-electron chi connectivity index (χ2n) is 4.30. The van der Waals surface area contributed by atoms with E-state index in [0.29, 0.717) is 23.4 Å². The van der Waals surface area contributed by atoms with Gasteiger partial charge in [0.2, 0.25) is 0 Å². The number of rotatable bonds is 4. The summed E-state index contributed by atoms with van der Waals surface area (Å²) in [5.74, 6) is 0.418. The van der Waals surface area contributed by atoms with Crippen LogP contribution in [-0.4, -0.2) is 17.1 Å². The summed E-state index contributed by atoms with van der Waals surface area (Å²) in [6.07, 6.45) is 0. The van der Waals surface area contributed by atoms with E-state index in [1.165, 1.54) is 6.07 Å². The first-order chi connectivity index (χ1) is 10.2. The second kappa shape index (κ2) is 6.31. The lowest BCUT2D eigenvalue weighted by Gasteiger charge is -2.06. The molecule has 3 rings (SSSR count). The van der Waals surface area contributed by atoms with Crippen LogP contribution in [0.4, 0.5) is 4.39 Å². The molecule has 3 nitrogen and oxygen atoms in total. The quantitative estimate of drug-likeness (QED) is 0.404. The Bertz CT molecular complexity index is 790. The summed E-state index contributed by atoms with van der Waals surface area (Å²) in [6, 6.07) is 10.2. The number of ether oxygens (including phenoxy) is 1. The van der Waals surface area contributed by atoms with Gasteiger partial charge in [0.1, 0.15) is 20.8 Å². The van der Waals surface area contributed by atoms with Crippen LogP contribution in [0.3, 0.4) is 0 Å². The van der Waals surface area contributed by atoms with Gasteiger partial charge in [-0.25, -0.2) is 4.39 Å². The smallest absolute Gasteiger partial charge is 0.184 e. The number of hydrogen-bond acceptors (Lipinski definition) is 3. The van der Waals surface area contributed by atoms with E-state index in [-0.39, 0.29) is 5.82 Å². The first-order valence-corrected chi connectivity index (χ1v) is 8.44. The van der Waals surface area contributed by atoms with Crippen molar-refractivity contribution in [2.75, 3.05) is 11.9 Å². The van der Waals surface area contributed by atoms with Crippen molar-refractivity contribution in [3.63, 3.8) is 0 Å². The Morgan fingerprint density at radius 3 is 2.81 bits per heavy atom. The molecule has 2 aromatic carbocycles. The molecule has 0 atom stereocenters. The molecule has 3 aromatic rings. The maximum absolute atomic E-state index is 13.9. The van der Waals surface area contributed by atoms with Gasteiger partial charge < -0.3 is 9.26 Å². The van der Waals surface area contributed by atoms with Crippen LogP contribution < -0.4 is 4.74 Å². The lowest BCUT2D eigenvalue weighted by atomic mass is 10.1. The maximum atomic E-state index is 13.9. The van der Waals surface area contributed by atoms with Crippen LogP contribution in [0.5, 0.6) is 5.75 Å². The fraction of sp³-hybridized carbons (Fsp3) is 0.133. The Morgan fingerprint density at radius 1 is 1.24 bits per heavy atom. The minimum absolute atomic E-state index is 0.317. The zero-order valence-electron chi connectivity index (χ0n) is 10.8. The van der Waals surface area contributed by atoms with Crippen LogP contribution in [0.15, 0.2) is 40.9 Å². The largest absolute Gasteiger partial charge is 0.491 e. The second-order valence-corrected chi connectivity index (χ2v) is 6.17. The van der Waals surface area contributed by atoms with Gasteiger partial charge in [0.25, 0.3) is 0 Å². The number of fused-ring (bicyclic) bond motifs is 1.